The van der Waals surface area contributed by atoms with Gasteiger partial charge in [-0.25, -0.2) is 0 Å². The van der Waals surface area contributed by atoms with Gasteiger partial charge in [-0.15, -0.1) is 0 Å². The van der Waals surface area contributed by atoms with Crippen LogP contribution >= 0.6 is 0 Å². The molecule has 0 aliphatic carbocycles. The van der Waals surface area contributed by atoms with E-state index in [1.54, 1.807) is 0 Å². The average Bonchev–Trinajstić information content (AvgIpc) is 3.06. The van der Waals surface area contributed by atoms with E-state index in [0.29, 0.717) is 11.5 Å². The highest BCUT2D eigenvalue weighted by Gasteiger charge is 2.29. The lowest BCUT2D eigenvalue weighted by Gasteiger charge is -2.25. The smallest absolute Gasteiger partial charge is 0.0294 e. The van der Waals surface area contributed by atoms with Crippen LogP contribution in [0, 0.1) is 5.41 Å². The van der Waals surface area contributed by atoms with Gasteiger partial charge in [0.2, 0.25) is 0 Å². The van der Waals surface area contributed by atoms with Crippen molar-refractivity contribution in [2.45, 2.75) is 73.3 Å². The van der Waals surface area contributed by atoms with Crippen LogP contribution in [0.1, 0.15) is 67.2 Å². The van der Waals surface area contributed by atoms with Crippen LogP contribution in [0.15, 0.2) is 36.0 Å². The molecule has 0 saturated carbocycles. The molecule has 0 aromatic carbocycles. The van der Waals surface area contributed by atoms with E-state index in [0.717, 1.165) is 13.0 Å². The first-order valence-corrected chi connectivity index (χ1v) is 9.45. The second-order valence-electron chi connectivity index (χ2n) is 6.48. The molecule has 2 aliphatic rings. The van der Waals surface area contributed by atoms with Crippen molar-refractivity contribution in [1.82, 2.24) is 10.6 Å². The third kappa shape index (κ3) is 6.64. The molecule has 2 heteroatoms. The zero-order valence-corrected chi connectivity index (χ0v) is 16.5. The molecule has 0 spiro atoms. The van der Waals surface area contributed by atoms with Crippen molar-refractivity contribution in [2.75, 3.05) is 19.6 Å². The van der Waals surface area contributed by atoms with Crippen LogP contribution in [-0.2, 0) is 0 Å². The maximum atomic E-state index is 3.98. The first kappa shape index (κ1) is 22.1. The van der Waals surface area contributed by atoms with E-state index in [1.165, 1.54) is 49.1 Å². The molecular weight excluding hydrogens is 280 g/mol. The molecule has 2 rings (SSSR count). The summed E-state index contributed by atoms with van der Waals surface area (Å²) < 4.78 is 0. The molecule has 2 nitrogen and oxygen atoms in total. The minimum atomic E-state index is 0.433. The van der Waals surface area contributed by atoms with Crippen LogP contribution in [0.5, 0.6) is 0 Å². The molecule has 2 heterocycles. The minimum Gasteiger partial charge on any atom is -0.316 e. The number of rotatable bonds is 4. The first-order chi connectivity index (χ1) is 11.0. The van der Waals surface area contributed by atoms with E-state index in [2.05, 4.69) is 51.5 Å². The van der Waals surface area contributed by atoms with Crippen molar-refractivity contribution in [3.63, 3.8) is 0 Å². The monoisotopic (exact) mass is 320 g/mol. The van der Waals surface area contributed by atoms with Gasteiger partial charge in [0.1, 0.15) is 0 Å². The predicted molar refractivity (Wildman–Crippen MR) is 106 cm³/mol. The maximum absolute atomic E-state index is 3.98. The Kier molecular flexibility index (Phi) is 11.2. The summed E-state index contributed by atoms with van der Waals surface area (Å²) >= 11 is 0. The fraction of sp³-hybridized carbons (Fsp3) is 0.714. The molecule has 0 aromatic heterocycles. The van der Waals surface area contributed by atoms with Crippen LogP contribution in [-0.4, -0.2) is 25.7 Å². The van der Waals surface area contributed by atoms with Crippen LogP contribution in [0.4, 0.5) is 0 Å². The second-order valence-corrected chi connectivity index (χ2v) is 6.48. The summed E-state index contributed by atoms with van der Waals surface area (Å²) in [6.45, 7) is 24.2. The highest BCUT2D eigenvalue weighted by Crippen LogP contribution is 2.32. The van der Waals surface area contributed by atoms with Crippen molar-refractivity contribution in [1.29, 1.82) is 0 Å². The molecule has 0 amide bonds. The highest BCUT2D eigenvalue weighted by atomic mass is 14.9. The Balaban J connectivity index is 0.000000392. The summed E-state index contributed by atoms with van der Waals surface area (Å²) in [5, 5.41) is 6.81. The zero-order chi connectivity index (χ0) is 17.9. The van der Waals surface area contributed by atoms with Gasteiger partial charge in [-0.1, -0.05) is 52.5 Å². The Morgan fingerprint density at radius 2 is 1.87 bits per heavy atom. The number of nitrogens with one attached hydrogen (secondary N) is 2. The highest BCUT2D eigenvalue weighted by molar-refractivity contribution is 5.41. The van der Waals surface area contributed by atoms with Crippen molar-refractivity contribution >= 4 is 0 Å². The summed E-state index contributed by atoms with van der Waals surface area (Å²) in [6.07, 6.45) is 7.11. The first-order valence-electron chi connectivity index (χ1n) is 9.45. The van der Waals surface area contributed by atoms with Gasteiger partial charge in [-0.3, -0.25) is 0 Å². The summed E-state index contributed by atoms with van der Waals surface area (Å²) in [5.41, 5.74) is 4.54. The Labute approximate surface area is 145 Å². The SMILES string of the molecule is C=CC1=C(C(=C)C)CCNC1C.CC.CCC1(CC)CCNC1. The number of hydrogen-bond acceptors (Lipinski definition) is 2. The lowest BCUT2D eigenvalue weighted by molar-refractivity contribution is 0.297. The normalized spacial score (nSPS) is 22.4. The quantitative estimate of drug-likeness (QED) is 0.740. The summed E-state index contributed by atoms with van der Waals surface area (Å²) in [5.74, 6) is 0. The van der Waals surface area contributed by atoms with Gasteiger partial charge in [0.25, 0.3) is 0 Å². The third-order valence-electron chi connectivity index (χ3n) is 5.21. The lowest BCUT2D eigenvalue weighted by atomic mass is 9.82. The van der Waals surface area contributed by atoms with Gasteiger partial charge in [0, 0.05) is 12.6 Å². The van der Waals surface area contributed by atoms with E-state index in [9.17, 15) is 0 Å². The average molecular weight is 321 g/mol. The summed E-state index contributed by atoms with van der Waals surface area (Å²) in [6, 6.07) is 0.433. The molecular formula is C21H40N2. The molecule has 1 fully saturated rings. The van der Waals surface area contributed by atoms with Crippen molar-refractivity contribution in [3.8, 4) is 0 Å². The Bertz CT molecular complexity index is 381. The van der Waals surface area contributed by atoms with Gasteiger partial charge in [-0.05, 0) is 69.2 Å². The molecule has 0 aromatic rings. The van der Waals surface area contributed by atoms with E-state index >= 15 is 0 Å². The van der Waals surface area contributed by atoms with Crippen LogP contribution < -0.4 is 10.6 Å². The Morgan fingerprint density at radius 1 is 1.26 bits per heavy atom. The second kappa shape index (κ2) is 11.6. The molecule has 1 saturated heterocycles. The van der Waals surface area contributed by atoms with Crippen LogP contribution in [0.3, 0.4) is 0 Å². The number of hydrogen-bond donors (Lipinski definition) is 2. The van der Waals surface area contributed by atoms with E-state index in [1.807, 2.05) is 19.9 Å². The zero-order valence-electron chi connectivity index (χ0n) is 16.5. The predicted octanol–water partition coefficient (Wildman–Crippen LogP) is 5.24. The minimum absolute atomic E-state index is 0.433. The Morgan fingerprint density at radius 3 is 2.17 bits per heavy atom. The van der Waals surface area contributed by atoms with E-state index in [4.69, 9.17) is 0 Å². The Hall–Kier alpha value is -0.860. The molecule has 23 heavy (non-hydrogen) atoms. The van der Waals surface area contributed by atoms with Gasteiger partial charge in [0.15, 0.2) is 0 Å². The van der Waals surface area contributed by atoms with E-state index in [-0.39, 0.29) is 0 Å². The molecule has 1 unspecified atom stereocenters. The van der Waals surface area contributed by atoms with Gasteiger partial charge < -0.3 is 10.6 Å². The fourth-order valence-electron chi connectivity index (χ4n) is 3.34. The largest absolute Gasteiger partial charge is 0.316 e. The molecule has 1 atom stereocenters. The number of allylic oxidation sites excluding steroid dienone is 1. The van der Waals surface area contributed by atoms with Crippen molar-refractivity contribution in [2.24, 2.45) is 5.41 Å². The molecule has 2 N–H and O–H groups in total. The molecule has 134 valence electrons. The van der Waals surface area contributed by atoms with Gasteiger partial charge in [-0.2, -0.15) is 0 Å². The van der Waals surface area contributed by atoms with Crippen LogP contribution in [0.25, 0.3) is 0 Å². The molecule has 2 aliphatic heterocycles. The summed E-state index contributed by atoms with van der Waals surface area (Å²) in [4.78, 5) is 0. The standard InChI is InChI=1S/C11H17N.C8H17N.C2H6/c1-5-10-9(4)12-7-6-11(10)8(2)3;1-3-8(4-2)5-6-9-7-8;1-2/h5,9,12H,1-2,6-7H2,3-4H3;9H,3-7H2,1-2H3;1-2H3. The van der Waals surface area contributed by atoms with Gasteiger partial charge in [0.05, 0.1) is 0 Å². The van der Waals surface area contributed by atoms with E-state index < -0.39 is 0 Å². The third-order valence-corrected chi connectivity index (χ3v) is 5.21. The van der Waals surface area contributed by atoms with Gasteiger partial charge >= 0.3 is 0 Å². The van der Waals surface area contributed by atoms with Crippen molar-refractivity contribution in [3.05, 3.63) is 36.0 Å². The summed E-state index contributed by atoms with van der Waals surface area (Å²) in [7, 11) is 0. The topological polar surface area (TPSA) is 24.1 Å². The fourth-order valence-corrected chi connectivity index (χ4v) is 3.34. The van der Waals surface area contributed by atoms with Crippen LogP contribution in [0.2, 0.25) is 0 Å². The molecule has 0 bridgehead atoms. The maximum Gasteiger partial charge on any atom is 0.0294 e. The lowest BCUT2D eigenvalue weighted by Crippen LogP contribution is -2.33. The molecule has 0 radical (unpaired) electrons. The van der Waals surface area contributed by atoms with Crippen molar-refractivity contribution < 1.29 is 0 Å².